The summed E-state index contributed by atoms with van der Waals surface area (Å²) in [5.41, 5.74) is -0.438. The van der Waals surface area contributed by atoms with E-state index in [-0.39, 0.29) is 18.2 Å². The quantitative estimate of drug-likeness (QED) is 0.801. The van der Waals surface area contributed by atoms with Gasteiger partial charge in [-0.1, -0.05) is 6.07 Å². The Morgan fingerprint density at radius 3 is 2.65 bits per heavy atom. The third-order valence-electron chi connectivity index (χ3n) is 3.58. The highest BCUT2D eigenvalue weighted by molar-refractivity contribution is 5.82. The first-order valence-electron chi connectivity index (χ1n) is 6.22. The maximum absolute atomic E-state index is 12.7. The standard InChI is InChI=1S/C14H14F3NO2/c1-9(20)10-5-13(8-19)18(7-10)12-4-2-3-11(6-12)14(15,16)17/h2-4,6,8,10,13H,5,7H2,1H3. The van der Waals surface area contributed by atoms with Gasteiger partial charge in [0.05, 0.1) is 11.6 Å². The van der Waals surface area contributed by atoms with Gasteiger partial charge in [-0.05, 0) is 31.5 Å². The van der Waals surface area contributed by atoms with Crippen LogP contribution in [0.25, 0.3) is 0 Å². The van der Waals surface area contributed by atoms with Crippen LogP contribution in [0.5, 0.6) is 0 Å². The van der Waals surface area contributed by atoms with Crippen molar-refractivity contribution in [2.24, 2.45) is 5.92 Å². The van der Waals surface area contributed by atoms with Gasteiger partial charge < -0.3 is 9.69 Å². The molecule has 2 rings (SSSR count). The number of carbonyl (C=O) groups is 2. The van der Waals surface area contributed by atoms with E-state index in [4.69, 9.17) is 0 Å². The van der Waals surface area contributed by atoms with Crippen LogP contribution in [0.3, 0.4) is 0 Å². The van der Waals surface area contributed by atoms with Crippen LogP contribution in [0, 0.1) is 5.92 Å². The number of Topliss-reactive ketones (excluding diaryl/α,β-unsaturated/α-hetero) is 1. The van der Waals surface area contributed by atoms with E-state index in [2.05, 4.69) is 0 Å². The predicted octanol–water partition coefficient (Wildman–Crippen LogP) is 2.69. The van der Waals surface area contributed by atoms with Crippen LogP contribution in [0.2, 0.25) is 0 Å². The molecule has 3 nitrogen and oxygen atoms in total. The van der Waals surface area contributed by atoms with Gasteiger partial charge in [0.2, 0.25) is 0 Å². The van der Waals surface area contributed by atoms with Gasteiger partial charge in [-0.25, -0.2) is 0 Å². The van der Waals surface area contributed by atoms with Gasteiger partial charge in [0.25, 0.3) is 0 Å². The predicted molar refractivity (Wildman–Crippen MR) is 67.4 cm³/mol. The summed E-state index contributed by atoms with van der Waals surface area (Å²) in [5, 5.41) is 0. The van der Waals surface area contributed by atoms with E-state index in [0.717, 1.165) is 12.1 Å². The summed E-state index contributed by atoms with van der Waals surface area (Å²) >= 11 is 0. The summed E-state index contributed by atoms with van der Waals surface area (Å²) in [5.74, 6) is -0.355. The Bertz CT molecular complexity index is 527. The summed E-state index contributed by atoms with van der Waals surface area (Å²) in [6.45, 7) is 1.71. The van der Waals surface area contributed by atoms with E-state index in [1.54, 1.807) is 4.90 Å². The van der Waals surface area contributed by atoms with E-state index < -0.39 is 17.8 Å². The minimum Gasteiger partial charge on any atom is -0.361 e. The van der Waals surface area contributed by atoms with Crippen molar-refractivity contribution in [1.29, 1.82) is 0 Å². The maximum atomic E-state index is 12.7. The number of anilines is 1. The molecule has 1 aromatic rings. The third-order valence-corrected chi connectivity index (χ3v) is 3.58. The van der Waals surface area contributed by atoms with Gasteiger partial charge in [-0.2, -0.15) is 13.2 Å². The zero-order valence-corrected chi connectivity index (χ0v) is 10.9. The molecule has 0 N–H and O–H groups in total. The molecule has 2 atom stereocenters. The minimum atomic E-state index is -4.42. The van der Waals surface area contributed by atoms with E-state index in [1.165, 1.54) is 19.1 Å². The molecule has 0 bridgehead atoms. The summed E-state index contributed by atoms with van der Waals surface area (Å²) < 4.78 is 38.1. The average Bonchev–Trinajstić information content (AvgIpc) is 2.82. The number of nitrogens with zero attached hydrogens (tertiary/aromatic N) is 1. The molecule has 0 amide bonds. The number of halogens is 3. The Hall–Kier alpha value is -1.85. The van der Waals surface area contributed by atoms with Crippen molar-refractivity contribution in [3.8, 4) is 0 Å². The molecule has 1 aliphatic rings. The molecular formula is C14H14F3NO2. The second kappa shape index (κ2) is 5.26. The van der Waals surface area contributed by atoms with Crippen LogP contribution in [0.4, 0.5) is 18.9 Å². The van der Waals surface area contributed by atoms with Crippen LogP contribution >= 0.6 is 0 Å². The molecule has 0 saturated carbocycles. The largest absolute Gasteiger partial charge is 0.416 e. The first kappa shape index (κ1) is 14.6. The van der Waals surface area contributed by atoms with E-state index in [9.17, 15) is 22.8 Å². The fraction of sp³-hybridized carbons (Fsp3) is 0.429. The van der Waals surface area contributed by atoms with Gasteiger partial charge in [0.1, 0.15) is 12.1 Å². The molecular weight excluding hydrogens is 271 g/mol. The van der Waals surface area contributed by atoms with E-state index in [0.29, 0.717) is 18.4 Å². The van der Waals surface area contributed by atoms with E-state index in [1.807, 2.05) is 0 Å². The summed E-state index contributed by atoms with van der Waals surface area (Å²) in [6, 6.07) is 4.28. The number of hydrogen-bond acceptors (Lipinski definition) is 3. The Balaban J connectivity index is 2.31. The van der Waals surface area contributed by atoms with Crippen LogP contribution in [0.1, 0.15) is 18.9 Å². The second-order valence-corrected chi connectivity index (χ2v) is 4.95. The molecule has 1 heterocycles. The maximum Gasteiger partial charge on any atom is 0.416 e. The van der Waals surface area contributed by atoms with Crippen molar-refractivity contribution in [2.45, 2.75) is 25.6 Å². The summed E-state index contributed by atoms with van der Waals surface area (Å²) in [6.07, 6.45) is -3.38. The number of aldehydes is 1. The Morgan fingerprint density at radius 2 is 2.10 bits per heavy atom. The van der Waals surface area contributed by atoms with Crippen molar-refractivity contribution in [2.75, 3.05) is 11.4 Å². The van der Waals surface area contributed by atoms with Crippen molar-refractivity contribution in [3.63, 3.8) is 0 Å². The van der Waals surface area contributed by atoms with Crippen molar-refractivity contribution in [1.82, 2.24) is 0 Å². The van der Waals surface area contributed by atoms with Gasteiger partial charge in [0, 0.05) is 18.2 Å². The molecule has 0 aliphatic carbocycles. The fourth-order valence-corrected chi connectivity index (χ4v) is 2.45. The Morgan fingerprint density at radius 1 is 1.40 bits per heavy atom. The van der Waals surface area contributed by atoms with Crippen molar-refractivity contribution >= 4 is 17.8 Å². The third kappa shape index (κ3) is 2.84. The number of rotatable bonds is 3. The molecule has 1 aromatic carbocycles. The summed E-state index contributed by atoms with van der Waals surface area (Å²) in [7, 11) is 0. The lowest BCUT2D eigenvalue weighted by molar-refractivity contribution is -0.137. The first-order valence-corrected chi connectivity index (χ1v) is 6.22. The summed E-state index contributed by atoms with van der Waals surface area (Å²) in [4.78, 5) is 24.0. The minimum absolute atomic E-state index is 0.0497. The number of ketones is 1. The molecule has 2 unspecified atom stereocenters. The second-order valence-electron chi connectivity index (χ2n) is 4.95. The number of carbonyl (C=O) groups excluding carboxylic acids is 2. The lowest BCUT2D eigenvalue weighted by atomic mass is 10.0. The number of hydrogen-bond donors (Lipinski definition) is 0. The highest BCUT2D eigenvalue weighted by Crippen LogP contribution is 2.34. The zero-order chi connectivity index (χ0) is 14.9. The lowest BCUT2D eigenvalue weighted by Gasteiger charge is -2.23. The van der Waals surface area contributed by atoms with Gasteiger partial charge in [-0.15, -0.1) is 0 Å². The highest BCUT2D eigenvalue weighted by Gasteiger charge is 2.36. The molecule has 20 heavy (non-hydrogen) atoms. The normalized spacial score (nSPS) is 22.9. The average molecular weight is 285 g/mol. The molecule has 1 saturated heterocycles. The van der Waals surface area contributed by atoms with Gasteiger partial charge in [0.15, 0.2) is 0 Å². The van der Waals surface area contributed by atoms with Crippen LogP contribution in [0.15, 0.2) is 24.3 Å². The molecule has 0 aromatic heterocycles. The monoisotopic (exact) mass is 285 g/mol. The van der Waals surface area contributed by atoms with Crippen molar-refractivity contribution < 1.29 is 22.8 Å². The zero-order valence-electron chi connectivity index (χ0n) is 10.9. The van der Waals surface area contributed by atoms with Crippen molar-refractivity contribution in [3.05, 3.63) is 29.8 Å². The molecule has 0 radical (unpaired) electrons. The first-order chi connectivity index (χ1) is 9.32. The molecule has 1 fully saturated rings. The smallest absolute Gasteiger partial charge is 0.361 e. The molecule has 0 spiro atoms. The Labute approximate surface area is 114 Å². The molecule has 108 valence electrons. The van der Waals surface area contributed by atoms with E-state index >= 15 is 0 Å². The topological polar surface area (TPSA) is 37.4 Å². The van der Waals surface area contributed by atoms with Crippen LogP contribution in [-0.4, -0.2) is 24.7 Å². The van der Waals surface area contributed by atoms with Crippen LogP contribution in [-0.2, 0) is 15.8 Å². The number of benzene rings is 1. The van der Waals surface area contributed by atoms with Gasteiger partial charge in [-0.3, -0.25) is 4.79 Å². The number of alkyl halides is 3. The fourth-order valence-electron chi connectivity index (χ4n) is 2.45. The van der Waals surface area contributed by atoms with Crippen LogP contribution < -0.4 is 4.90 Å². The molecule has 1 aliphatic heterocycles. The van der Waals surface area contributed by atoms with Gasteiger partial charge >= 0.3 is 6.18 Å². The Kier molecular flexibility index (Phi) is 3.83. The lowest BCUT2D eigenvalue weighted by Crippen LogP contribution is -2.30. The highest BCUT2D eigenvalue weighted by atomic mass is 19.4. The molecule has 6 heteroatoms. The SMILES string of the molecule is CC(=O)C1CC(C=O)N(c2cccc(C(F)(F)F)c2)C1.